The van der Waals surface area contributed by atoms with E-state index in [1.165, 1.54) is 0 Å². The van der Waals surface area contributed by atoms with Crippen molar-refractivity contribution in [3.63, 3.8) is 0 Å². The average molecular weight is 480 g/mol. The normalized spacial score (nSPS) is 19.6. The molecule has 7 rings (SSSR count). The molecule has 2 N–H and O–H groups in total. The summed E-state index contributed by atoms with van der Waals surface area (Å²) in [6.45, 7) is -0.722. The molecule has 1 atom stereocenters. The van der Waals surface area contributed by atoms with Crippen molar-refractivity contribution >= 4 is 56.8 Å². The maximum Gasteiger partial charge on any atom is 0.261 e. The van der Waals surface area contributed by atoms with E-state index in [0.717, 1.165) is 42.5 Å². The van der Waals surface area contributed by atoms with Crippen molar-refractivity contribution < 1.29 is 29.4 Å². The molecule has 1 unspecified atom stereocenters. The Bertz CT molecular complexity index is 1680. The van der Waals surface area contributed by atoms with E-state index in [0.29, 0.717) is 34.2 Å². The molecule has 0 fully saturated rings. The third kappa shape index (κ3) is 2.40. The molecule has 4 amide bonds. The monoisotopic (exact) mass is 480 g/mol. The van der Waals surface area contributed by atoms with Crippen LogP contribution < -0.4 is 0 Å². The lowest BCUT2D eigenvalue weighted by atomic mass is 9.73. The Kier molecular flexibility index (Phi) is 4.23. The zero-order valence-electron chi connectivity index (χ0n) is 19.1. The largest absolute Gasteiger partial charge is 0.395 e. The number of allylic oxidation sites excluding steroid dienone is 1. The van der Waals surface area contributed by atoms with E-state index in [-0.39, 0.29) is 32.2 Å². The van der Waals surface area contributed by atoms with E-state index in [9.17, 15) is 29.4 Å². The number of amides is 4. The Labute approximate surface area is 204 Å². The van der Waals surface area contributed by atoms with Crippen LogP contribution in [0.2, 0.25) is 0 Å². The fourth-order valence-electron chi connectivity index (χ4n) is 6.33. The van der Waals surface area contributed by atoms with Gasteiger partial charge in [0.2, 0.25) is 5.91 Å². The van der Waals surface area contributed by atoms with Crippen molar-refractivity contribution in [1.82, 2.24) is 9.80 Å². The van der Waals surface area contributed by atoms with Crippen LogP contribution in [0.25, 0.3) is 33.2 Å². The van der Waals surface area contributed by atoms with Gasteiger partial charge in [-0.1, -0.05) is 30.4 Å². The Morgan fingerprint density at radius 2 is 1.47 bits per heavy atom. The molecule has 0 bridgehead atoms. The number of hydrogen-bond donors (Lipinski definition) is 2. The molecule has 3 aromatic rings. The summed E-state index contributed by atoms with van der Waals surface area (Å²) >= 11 is 0. The van der Waals surface area contributed by atoms with Gasteiger partial charge in [0.05, 0.1) is 32.2 Å². The van der Waals surface area contributed by atoms with Crippen molar-refractivity contribution in [1.29, 1.82) is 0 Å². The Balaban J connectivity index is 1.56. The molecule has 4 aliphatic rings. The van der Waals surface area contributed by atoms with Gasteiger partial charge < -0.3 is 10.2 Å². The molecule has 8 nitrogen and oxygen atoms in total. The highest BCUT2D eigenvalue weighted by molar-refractivity contribution is 6.36. The standard InChI is InChI=1S/C28H20N2O6/c31-11-9-29-25(33)17-5-1-13-14-2-6-19-24-20(28(36)30(10-12-32)27(19)35)8-4-16(22(14)24)15-3-7-18(26(29)34)23(17)21(13)15/h1-3,5-8,18,31-32H,4,9-12H2. The first kappa shape index (κ1) is 21.2. The third-order valence-electron chi connectivity index (χ3n) is 7.79. The molecule has 0 aromatic heterocycles. The Hall–Kier alpha value is -4.14. The van der Waals surface area contributed by atoms with E-state index in [2.05, 4.69) is 0 Å². The van der Waals surface area contributed by atoms with Crippen molar-refractivity contribution in [3.05, 3.63) is 69.8 Å². The summed E-state index contributed by atoms with van der Waals surface area (Å²) in [5, 5.41) is 22.2. The van der Waals surface area contributed by atoms with Crippen LogP contribution in [0.15, 0.2) is 36.4 Å². The van der Waals surface area contributed by atoms with Crippen LogP contribution in [-0.4, -0.2) is 69.9 Å². The minimum Gasteiger partial charge on any atom is -0.395 e. The number of carbonyl (C=O) groups is 4. The predicted octanol–water partition coefficient (Wildman–Crippen LogP) is 1.99. The summed E-state index contributed by atoms with van der Waals surface area (Å²) < 4.78 is 0. The first-order valence-corrected chi connectivity index (χ1v) is 11.9. The number of fused-ring (bicyclic) bond motifs is 2. The topological polar surface area (TPSA) is 115 Å². The summed E-state index contributed by atoms with van der Waals surface area (Å²) in [5.41, 5.74) is 4.48. The molecule has 0 saturated heterocycles. The number of hydrogen-bond acceptors (Lipinski definition) is 6. The van der Waals surface area contributed by atoms with Crippen LogP contribution in [0.4, 0.5) is 0 Å². The van der Waals surface area contributed by atoms with Gasteiger partial charge in [-0.3, -0.25) is 29.0 Å². The van der Waals surface area contributed by atoms with Gasteiger partial charge in [0.25, 0.3) is 17.7 Å². The number of β-amino-alcohol motifs (C(OH)–C–C–N with tert-alkyl or cyclic N) is 2. The van der Waals surface area contributed by atoms with Crippen LogP contribution in [0.5, 0.6) is 0 Å². The first-order valence-electron chi connectivity index (χ1n) is 11.9. The lowest BCUT2D eigenvalue weighted by molar-refractivity contribution is -0.130. The molecule has 2 aliphatic heterocycles. The molecule has 2 aliphatic carbocycles. The summed E-state index contributed by atoms with van der Waals surface area (Å²) in [4.78, 5) is 54.9. The van der Waals surface area contributed by atoms with Gasteiger partial charge in [-0.05, 0) is 56.8 Å². The van der Waals surface area contributed by atoms with Crippen LogP contribution in [0.3, 0.4) is 0 Å². The van der Waals surface area contributed by atoms with Crippen LogP contribution in [0, 0.1) is 0 Å². The molecule has 178 valence electrons. The van der Waals surface area contributed by atoms with Gasteiger partial charge in [0.15, 0.2) is 0 Å². The summed E-state index contributed by atoms with van der Waals surface area (Å²) in [5.74, 6) is -2.21. The van der Waals surface area contributed by atoms with E-state index in [1.54, 1.807) is 18.2 Å². The van der Waals surface area contributed by atoms with Crippen molar-refractivity contribution in [3.8, 4) is 0 Å². The summed E-state index contributed by atoms with van der Waals surface area (Å²) in [6, 6.07) is 7.19. The molecule has 2 heterocycles. The first-order chi connectivity index (χ1) is 17.5. The molecule has 0 radical (unpaired) electrons. The van der Waals surface area contributed by atoms with Gasteiger partial charge in [0.1, 0.15) is 0 Å². The van der Waals surface area contributed by atoms with Gasteiger partial charge in [-0.25, -0.2) is 0 Å². The quantitative estimate of drug-likeness (QED) is 0.436. The third-order valence-corrected chi connectivity index (χ3v) is 7.79. The average Bonchev–Trinajstić information content (AvgIpc) is 2.89. The van der Waals surface area contributed by atoms with Crippen LogP contribution >= 0.6 is 0 Å². The lowest BCUT2D eigenvalue weighted by Crippen LogP contribution is -2.46. The van der Waals surface area contributed by atoms with Crippen LogP contribution in [-0.2, 0) is 16.0 Å². The summed E-state index contributed by atoms with van der Waals surface area (Å²) in [7, 11) is 0. The highest BCUT2D eigenvalue weighted by Crippen LogP contribution is 2.49. The molecule has 36 heavy (non-hydrogen) atoms. The van der Waals surface area contributed by atoms with E-state index in [1.807, 2.05) is 24.3 Å². The number of carbonyl (C=O) groups excluding carboxylic acids is 4. The van der Waals surface area contributed by atoms with E-state index in [4.69, 9.17) is 0 Å². The number of aliphatic hydroxyl groups is 2. The molecule has 8 heteroatoms. The fraction of sp³-hybridized carbons (Fsp3) is 0.214. The molecular weight excluding hydrogens is 460 g/mol. The minimum absolute atomic E-state index is 0.0512. The Morgan fingerprint density at radius 3 is 2.22 bits per heavy atom. The second-order valence-electron chi connectivity index (χ2n) is 9.42. The van der Waals surface area contributed by atoms with Crippen molar-refractivity contribution in [2.45, 2.75) is 12.3 Å². The second-order valence-corrected chi connectivity index (χ2v) is 9.42. The number of rotatable bonds is 4. The minimum atomic E-state index is -0.618. The van der Waals surface area contributed by atoms with Gasteiger partial charge in [0, 0.05) is 22.3 Å². The fourth-order valence-corrected chi connectivity index (χ4v) is 6.33. The van der Waals surface area contributed by atoms with Crippen molar-refractivity contribution in [2.24, 2.45) is 0 Å². The highest BCUT2D eigenvalue weighted by Gasteiger charge is 2.42. The number of nitrogens with zero attached hydrogens (tertiary/aromatic N) is 2. The van der Waals surface area contributed by atoms with Crippen LogP contribution in [0.1, 0.15) is 48.9 Å². The lowest BCUT2D eigenvalue weighted by Gasteiger charge is -2.36. The Morgan fingerprint density at radius 1 is 0.806 bits per heavy atom. The highest BCUT2D eigenvalue weighted by atomic mass is 16.3. The maximum atomic E-state index is 13.2. The smallest absolute Gasteiger partial charge is 0.261 e. The van der Waals surface area contributed by atoms with E-state index < -0.39 is 23.6 Å². The van der Waals surface area contributed by atoms with E-state index >= 15 is 0 Å². The molecule has 0 spiro atoms. The zero-order valence-corrected chi connectivity index (χ0v) is 19.1. The molecule has 3 aromatic carbocycles. The zero-order chi connectivity index (χ0) is 24.9. The molecule has 0 saturated carbocycles. The van der Waals surface area contributed by atoms with Gasteiger partial charge >= 0.3 is 0 Å². The molecular formula is C28H20N2O6. The maximum absolute atomic E-state index is 13.2. The van der Waals surface area contributed by atoms with Gasteiger partial charge in [-0.15, -0.1) is 0 Å². The number of benzene rings is 3. The predicted molar refractivity (Wildman–Crippen MR) is 131 cm³/mol. The number of imide groups is 2. The second kappa shape index (κ2) is 7.19. The number of aliphatic hydroxyl groups excluding tert-OH is 2. The van der Waals surface area contributed by atoms with Crippen molar-refractivity contribution in [2.75, 3.05) is 26.3 Å². The van der Waals surface area contributed by atoms with Gasteiger partial charge in [-0.2, -0.15) is 0 Å². The summed E-state index contributed by atoms with van der Waals surface area (Å²) in [6.07, 6.45) is 6.00. The SMILES string of the molecule is O=C1C2=CCc3c4c5c6c(ccc5c5ccc(c2c35)C(=O)N1CCO)C(=O)N(CCO)C(=O)C6C=C4.